The molecule has 2 heterocycles. The van der Waals surface area contributed by atoms with Crippen molar-refractivity contribution in [1.82, 2.24) is 9.97 Å². The van der Waals surface area contributed by atoms with Gasteiger partial charge in [0.1, 0.15) is 23.9 Å². The number of halogens is 1. The molecule has 0 bridgehead atoms. The lowest BCUT2D eigenvalue weighted by Crippen LogP contribution is -2.36. The van der Waals surface area contributed by atoms with Crippen molar-refractivity contribution in [3.05, 3.63) is 71.7 Å². The number of carbonyl (C=O) groups excluding carboxylic acids is 1. The lowest BCUT2D eigenvalue weighted by molar-refractivity contribution is -0.115. The minimum atomic E-state index is -0.274. The Labute approximate surface area is 167 Å². The van der Waals surface area contributed by atoms with E-state index in [1.165, 1.54) is 6.07 Å². The molecular formula is C21H20FN5O2. The number of fused-ring (bicyclic) bond motifs is 1. The van der Waals surface area contributed by atoms with Gasteiger partial charge in [0, 0.05) is 19.2 Å². The second-order valence-corrected chi connectivity index (χ2v) is 6.71. The molecule has 1 aliphatic rings. The molecule has 2 N–H and O–H groups in total. The van der Waals surface area contributed by atoms with Gasteiger partial charge in [-0.1, -0.05) is 30.3 Å². The molecule has 7 nitrogen and oxygen atoms in total. The summed E-state index contributed by atoms with van der Waals surface area (Å²) in [6, 6.07) is 14.1. The minimum absolute atomic E-state index is 0.0818. The highest BCUT2D eigenvalue weighted by Crippen LogP contribution is 2.26. The number of rotatable bonds is 6. The lowest BCUT2D eigenvalue weighted by atomic mass is 10.2. The Hall–Kier alpha value is -3.68. The topological polar surface area (TPSA) is 79.4 Å². The molecule has 0 fully saturated rings. The molecule has 1 aromatic heterocycles. The Morgan fingerprint density at radius 2 is 2.00 bits per heavy atom. The van der Waals surface area contributed by atoms with Crippen LogP contribution in [0.5, 0.6) is 5.75 Å². The highest BCUT2D eigenvalue weighted by molar-refractivity contribution is 6.00. The molecule has 0 saturated heterocycles. The molecule has 148 valence electrons. The van der Waals surface area contributed by atoms with Crippen LogP contribution in [-0.4, -0.2) is 29.5 Å². The second-order valence-electron chi connectivity index (χ2n) is 6.71. The van der Waals surface area contributed by atoms with Gasteiger partial charge in [-0.25, -0.2) is 9.37 Å². The van der Waals surface area contributed by atoms with Crippen LogP contribution < -0.4 is 20.3 Å². The van der Waals surface area contributed by atoms with Crippen molar-refractivity contribution in [2.75, 3.05) is 29.1 Å². The van der Waals surface area contributed by atoms with Gasteiger partial charge < -0.3 is 20.3 Å². The van der Waals surface area contributed by atoms with Crippen LogP contribution in [0.4, 0.5) is 21.8 Å². The Balaban J connectivity index is 1.34. The highest BCUT2D eigenvalue weighted by Gasteiger charge is 2.21. The quantitative estimate of drug-likeness (QED) is 0.670. The molecule has 0 unspecified atom stereocenters. The fourth-order valence-corrected chi connectivity index (χ4v) is 2.98. The van der Waals surface area contributed by atoms with Crippen molar-refractivity contribution in [3.8, 4) is 5.75 Å². The number of benzene rings is 2. The van der Waals surface area contributed by atoms with E-state index in [-0.39, 0.29) is 24.9 Å². The summed E-state index contributed by atoms with van der Waals surface area (Å²) in [5.41, 5.74) is 2.14. The molecular weight excluding hydrogens is 373 g/mol. The lowest BCUT2D eigenvalue weighted by Gasteiger charge is -2.25. The van der Waals surface area contributed by atoms with E-state index < -0.39 is 0 Å². The first kappa shape index (κ1) is 18.7. The summed E-state index contributed by atoms with van der Waals surface area (Å²) in [4.78, 5) is 22.0. The van der Waals surface area contributed by atoms with Crippen LogP contribution in [0.1, 0.15) is 11.1 Å². The maximum absolute atomic E-state index is 13.6. The Morgan fingerprint density at radius 1 is 1.21 bits per heavy atom. The van der Waals surface area contributed by atoms with Gasteiger partial charge in [-0.15, -0.1) is 0 Å². The van der Waals surface area contributed by atoms with E-state index in [1.807, 2.05) is 31.3 Å². The smallest absolute Gasteiger partial charge is 0.244 e. The predicted octanol–water partition coefficient (Wildman–Crippen LogP) is 3.20. The largest absolute Gasteiger partial charge is 0.489 e. The minimum Gasteiger partial charge on any atom is -0.489 e. The van der Waals surface area contributed by atoms with Crippen molar-refractivity contribution in [3.63, 3.8) is 0 Å². The number of carbonyl (C=O) groups is 1. The normalized spacial score (nSPS) is 12.9. The summed E-state index contributed by atoms with van der Waals surface area (Å²) < 4.78 is 19.3. The highest BCUT2D eigenvalue weighted by atomic mass is 19.1. The van der Waals surface area contributed by atoms with Gasteiger partial charge in [0.15, 0.2) is 5.82 Å². The number of anilines is 3. The summed E-state index contributed by atoms with van der Waals surface area (Å²) in [5.74, 6) is 1.47. The SMILES string of the molecule is CN1CC(=O)Nc2cnc(NCc3ccc(OCc4ccccc4F)cc3)nc21. The van der Waals surface area contributed by atoms with Gasteiger partial charge in [0.25, 0.3) is 0 Å². The van der Waals surface area contributed by atoms with Crippen LogP contribution in [-0.2, 0) is 17.9 Å². The van der Waals surface area contributed by atoms with Gasteiger partial charge in [0.2, 0.25) is 11.9 Å². The fraction of sp³-hybridized carbons (Fsp3) is 0.190. The molecule has 0 aliphatic carbocycles. The van der Waals surface area contributed by atoms with E-state index in [2.05, 4.69) is 20.6 Å². The van der Waals surface area contributed by atoms with Crippen LogP contribution in [0.15, 0.2) is 54.7 Å². The number of hydrogen-bond acceptors (Lipinski definition) is 6. The summed E-state index contributed by atoms with van der Waals surface area (Å²) in [5, 5.41) is 5.93. The van der Waals surface area contributed by atoms with Crippen LogP contribution in [0.2, 0.25) is 0 Å². The van der Waals surface area contributed by atoms with Gasteiger partial charge >= 0.3 is 0 Å². The van der Waals surface area contributed by atoms with Crippen LogP contribution in [0, 0.1) is 5.82 Å². The monoisotopic (exact) mass is 393 g/mol. The maximum Gasteiger partial charge on any atom is 0.244 e. The number of amides is 1. The number of nitrogens with one attached hydrogen (secondary N) is 2. The fourth-order valence-electron chi connectivity index (χ4n) is 2.98. The zero-order valence-electron chi connectivity index (χ0n) is 15.9. The second kappa shape index (κ2) is 8.14. The average molecular weight is 393 g/mol. The third kappa shape index (κ3) is 4.43. The van der Waals surface area contributed by atoms with Gasteiger partial charge in [-0.05, 0) is 23.8 Å². The third-order valence-corrected chi connectivity index (χ3v) is 4.51. The van der Waals surface area contributed by atoms with Crippen molar-refractivity contribution in [2.45, 2.75) is 13.2 Å². The number of likely N-dealkylation sites (N-methyl/N-ethyl adjacent to an activating group) is 1. The number of ether oxygens (including phenoxy) is 1. The maximum atomic E-state index is 13.6. The molecule has 0 radical (unpaired) electrons. The molecule has 29 heavy (non-hydrogen) atoms. The summed E-state index contributed by atoms with van der Waals surface area (Å²) in [7, 11) is 1.81. The Morgan fingerprint density at radius 3 is 2.79 bits per heavy atom. The van der Waals surface area contributed by atoms with Crippen molar-refractivity contribution < 1.29 is 13.9 Å². The third-order valence-electron chi connectivity index (χ3n) is 4.51. The molecule has 0 spiro atoms. The Kier molecular flexibility index (Phi) is 5.24. The van der Waals surface area contributed by atoms with Gasteiger partial charge in [-0.2, -0.15) is 4.98 Å². The first-order chi connectivity index (χ1) is 14.1. The molecule has 8 heteroatoms. The van der Waals surface area contributed by atoms with Crippen LogP contribution >= 0.6 is 0 Å². The number of nitrogens with zero attached hydrogens (tertiary/aromatic N) is 3. The molecule has 1 amide bonds. The van der Waals surface area contributed by atoms with E-state index in [1.54, 1.807) is 29.3 Å². The van der Waals surface area contributed by atoms with Crippen molar-refractivity contribution >= 4 is 23.4 Å². The van der Waals surface area contributed by atoms with Crippen LogP contribution in [0.3, 0.4) is 0 Å². The molecule has 1 aliphatic heterocycles. The first-order valence-electron chi connectivity index (χ1n) is 9.15. The number of aromatic nitrogens is 2. The molecule has 3 aromatic rings. The zero-order valence-corrected chi connectivity index (χ0v) is 15.9. The molecule has 0 saturated carbocycles. The Bertz CT molecular complexity index is 1030. The summed E-state index contributed by atoms with van der Waals surface area (Å²) >= 11 is 0. The van der Waals surface area contributed by atoms with Gasteiger partial charge in [0.05, 0.1) is 12.7 Å². The molecule has 2 aromatic carbocycles. The van der Waals surface area contributed by atoms with Crippen molar-refractivity contribution in [1.29, 1.82) is 0 Å². The van der Waals surface area contributed by atoms with E-state index in [4.69, 9.17) is 4.74 Å². The molecule has 4 rings (SSSR count). The van der Waals surface area contributed by atoms with E-state index in [9.17, 15) is 9.18 Å². The summed E-state index contributed by atoms with van der Waals surface area (Å²) in [6.07, 6.45) is 1.60. The van der Waals surface area contributed by atoms with Crippen LogP contribution in [0.25, 0.3) is 0 Å². The van der Waals surface area contributed by atoms with E-state index >= 15 is 0 Å². The average Bonchev–Trinajstić information content (AvgIpc) is 2.72. The van der Waals surface area contributed by atoms with E-state index in [0.717, 1.165) is 5.56 Å². The van der Waals surface area contributed by atoms with Crippen molar-refractivity contribution in [2.24, 2.45) is 0 Å². The van der Waals surface area contributed by atoms with E-state index in [0.29, 0.717) is 35.3 Å². The standard InChI is InChI=1S/C21H20FN5O2/c1-27-12-19(28)25-18-11-24-21(26-20(18)27)23-10-14-6-8-16(9-7-14)29-13-15-4-2-3-5-17(15)22/h2-9,11H,10,12-13H2,1H3,(H,25,28)(H,23,24,26). The predicted molar refractivity (Wildman–Crippen MR) is 108 cm³/mol. The number of hydrogen-bond donors (Lipinski definition) is 2. The summed E-state index contributed by atoms with van der Waals surface area (Å²) in [6.45, 7) is 0.970. The molecule has 0 atom stereocenters. The van der Waals surface area contributed by atoms with Gasteiger partial charge in [-0.3, -0.25) is 4.79 Å². The zero-order chi connectivity index (χ0) is 20.2. The first-order valence-corrected chi connectivity index (χ1v) is 9.15.